The average molecular weight is 257 g/mol. The van der Waals surface area contributed by atoms with E-state index in [1.807, 2.05) is 0 Å². The molecule has 100 valence electrons. The molecule has 1 saturated heterocycles. The van der Waals surface area contributed by atoms with E-state index in [1.54, 1.807) is 0 Å². The summed E-state index contributed by atoms with van der Waals surface area (Å²) in [5, 5.41) is 2.33. The predicted molar refractivity (Wildman–Crippen MR) is 74.1 cm³/mol. The minimum atomic E-state index is 0.100. The molecule has 3 aliphatic rings. The highest BCUT2D eigenvalue weighted by molar-refractivity contribution is 5.87. The van der Waals surface area contributed by atoms with Gasteiger partial charge in [0.25, 0.3) is 0 Å². The van der Waals surface area contributed by atoms with Gasteiger partial charge in [-0.3, -0.25) is 4.79 Å². The van der Waals surface area contributed by atoms with E-state index >= 15 is 0 Å². The Morgan fingerprint density at radius 2 is 2.00 bits per heavy atom. The lowest BCUT2D eigenvalue weighted by atomic mass is 9.64. The first kappa shape index (κ1) is 11.5. The van der Waals surface area contributed by atoms with Gasteiger partial charge in [0.05, 0.1) is 12.0 Å². The number of para-hydroxylation sites is 1. The third-order valence-electron chi connectivity index (χ3n) is 5.71. The van der Waals surface area contributed by atoms with Crippen molar-refractivity contribution < 1.29 is 10.1 Å². The number of hydrogen-bond donors (Lipinski definition) is 1. The minimum absolute atomic E-state index is 0.100. The van der Waals surface area contributed by atoms with E-state index in [0.717, 1.165) is 0 Å². The Morgan fingerprint density at radius 1 is 1.21 bits per heavy atom. The molecule has 0 bridgehead atoms. The first-order valence-electron chi connectivity index (χ1n) is 7.41. The molecule has 2 fully saturated rings. The molecule has 2 N–H and O–H groups in total. The predicted octanol–water partition coefficient (Wildman–Crippen LogP) is 1.18. The van der Waals surface area contributed by atoms with E-state index in [0.29, 0.717) is 18.9 Å². The van der Waals surface area contributed by atoms with Gasteiger partial charge in [0.2, 0.25) is 5.78 Å². The molecule has 0 amide bonds. The van der Waals surface area contributed by atoms with Gasteiger partial charge in [0.1, 0.15) is 6.54 Å². The molecule has 2 heterocycles. The van der Waals surface area contributed by atoms with Crippen molar-refractivity contribution in [2.45, 2.75) is 43.7 Å². The van der Waals surface area contributed by atoms with Crippen LogP contribution in [0.4, 0.5) is 5.69 Å². The van der Waals surface area contributed by atoms with Crippen LogP contribution < -0.4 is 10.2 Å². The van der Waals surface area contributed by atoms with E-state index in [1.165, 1.54) is 36.9 Å². The van der Waals surface area contributed by atoms with Crippen LogP contribution in [-0.2, 0) is 10.2 Å². The van der Waals surface area contributed by atoms with E-state index in [-0.39, 0.29) is 11.1 Å². The molecular formula is C16H21N2O+. The van der Waals surface area contributed by atoms with E-state index < -0.39 is 0 Å². The van der Waals surface area contributed by atoms with Crippen LogP contribution in [0.25, 0.3) is 0 Å². The quantitative estimate of drug-likeness (QED) is 0.758. The summed E-state index contributed by atoms with van der Waals surface area (Å²) in [5.74, 6) is 0.357. The molecule has 3 heteroatoms. The van der Waals surface area contributed by atoms with Gasteiger partial charge >= 0.3 is 0 Å². The van der Waals surface area contributed by atoms with Gasteiger partial charge in [-0.1, -0.05) is 24.6 Å². The number of nitrogens with two attached hydrogens (primary N) is 1. The number of carbonyl (C=O) groups excluding carboxylic acids is 1. The normalized spacial score (nSPS) is 36.7. The Kier molecular flexibility index (Phi) is 2.17. The maximum atomic E-state index is 11.9. The highest BCUT2D eigenvalue weighted by Crippen LogP contribution is 2.55. The fraction of sp³-hybridized carbons (Fsp3) is 0.562. The number of fused-ring (bicyclic) bond motifs is 3. The smallest absolute Gasteiger partial charge is 0.206 e. The summed E-state index contributed by atoms with van der Waals surface area (Å²) in [4.78, 5) is 14.3. The topological polar surface area (TPSA) is 36.9 Å². The molecule has 2 atom stereocenters. The second-order valence-electron chi connectivity index (χ2n) is 6.51. The average Bonchev–Trinajstić information content (AvgIpc) is 2.66. The minimum Gasteiger partial charge on any atom is -0.317 e. The number of anilines is 1. The van der Waals surface area contributed by atoms with Crippen LogP contribution in [0.15, 0.2) is 24.3 Å². The summed E-state index contributed by atoms with van der Waals surface area (Å²) in [6.07, 6.45) is 5.03. The third-order valence-corrected chi connectivity index (χ3v) is 5.71. The van der Waals surface area contributed by atoms with Gasteiger partial charge in [0, 0.05) is 12.1 Å². The Bertz CT molecular complexity index is 555. The highest BCUT2D eigenvalue weighted by Gasteiger charge is 2.64. The molecule has 1 aromatic rings. The number of Topliss-reactive ketones (excluding diaryl/α,β-unsaturated/α-hetero) is 1. The fourth-order valence-corrected chi connectivity index (χ4v) is 4.74. The number of hydrogen-bond acceptors (Lipinski definition) is 2. The highest BCUT2D eigenvalue weighted by atomic mass is 16.1. The van der Waals surface area contributed by atoms with E-state index in [9.17, 15) is 4.79 Å². The number of quaternary nitrogens is 1. The standard InChI is InChI=1S/C16H20N2O/c1-15-8-4-5-9-16(15)17-10-12(19)11-18(16)14-7-3-2-6-13(14)15/h2-3,6-7,17H,4-5,8-11H2,1H3/p+1/t15-,16+/m1/s1. The van der Waals surface area contributed by atoms with Gasteiger partial charge in [-0.2, -0.15) is 0 Å². The zero-order valence-corrected chi connectivity index (χ0v) is 11.5. The first-order valence-corrected chi connectivity index (χ1v) is 7.41. The zero-order valence-electron chi connectivity index (χ0n) is 11.5. The van der Waals surface area contributed by atoms with Crippen LogP contribution in [-0.4, -0.2) is 24.5 Å². The molecule has 1 aromatic carbocycles. The van der Waals surface area contributed by atoms with Crippen LogP contribution in [0.2, 0.25) is 0 Å². The van der Waals surface area contributed by atoms with Crippen LogP contribution >= 0.6 is 0 Å². The maximum Gasteiger partial charge on any atom is 0.206 e. The fourth-order valence-electron chi connectivity index (χ4n) is 4.74. The summed E-state index contributed by atoms with van der Waals surface area (Å²) >= 11 is 0. The van der Waals surface area contributed by atoms with Crippen molar-refractivity contribution in [3.8, 4) is 0 Å². The summed E-state index contributed by atoms with van der Waals surface area (Å²) in [6.45, 7) is 3.67. The van der Waals surface area contributed by atoms with Crippen molar-refractivity contribution in [3.63, 3.8) is 0 Å². The van der Waals surface area contributed by atoms with Crippen molar-refractivity contribution in [2.24, 2.45) is 0 Å². The second kappa shape index (κ2) is 3.60. The third kappa shape index (κ3) is 1.24. The molecular weight excluding hydrogens is 236 g/mol. The van der Waals surface area contributed by atoms with E-state index in [2.05, 4.69) is 41.4 Å². The van der Waals surface area contributed by atoms with Crippen molar-refractivity contribution in [1.29, 1.82) is 0 Å². The lowest BCUT2D eigenvalue weighted by molar-refractivity contribution is -0.732. The zero-order chi connectivity index (χ0) is 13.1. The van der Waals surface area contributed by atoms with Crippen LogP contribution in [0, 0.1) is 0 Å². The molecule has 0 aromatic heterocycles. The first-order chi connectivity index (χ1) is 9.17. The summed E-state index contributed by atoms with van der Waals surface area (Å²) in [6, 6.07) is 8.73. The molecule has 0 unspecified atom stereocenters. The molecule has 1 spiro atoms. The molecule has 3 nitrogen and oxygen atoms in total. The van der Waals surface area contributed by atoms with Crippen molar-refractivity contribution >= 4 is 11.5 Å². The molecule has 1 aliphatic carbocycles. The van der Waals surface area contributed by atoms with Crippen LogP contribution in [0.1, 0.15) is 38.2 Å². The Labute approximate surface area is 114 Å². The monoisotopic (exact) mass is 257 g/mol. The second-order valence-corrected chi connectivity index (χ2v) is 6.51. The largest absolute Gasteiger partial charge is 0.317 e. The number of ketones is 1. The molecule has 0 radical (unpaired) electrons. The van der Waals surface area contributed by atoms with Gasteiger partial charge < -0.3 is 10.2 Å². The van der Waals surface area contributed by atoms with Crippen molar-refractivity contribution in [2.75, 3.05) is 18.0 Å². The SMILES string of the molecule is C[C@]12CCCC[C@@]13[NH2+]CC(=O)CN3c1ccccc12. The summed E-state index contributed by atoms with van der Waals surface area (Å²) in [5.41, 5.74) is 3.06. The van der Waals surface area contributed by atoms with Gasteiger partial charge in [0.15, 0.2) is 5.66 Å². The number of carbonyl (C=O) groups is 1. The Balaban J connectivity index is 1.95. The van der Waals surface area contributed by atoms with Crippen LogP contribution in [0.5, 0.6) is 0 Å². The van der Waals surface area contributed by atoms with Gasteiger partial charge in [-0.25, -0.2) is 0 Å². The molecule has 2 aliphatic heterocycles. The molecule has 1 saturated carbocycles. The van der Waals surface area contributed by atoms with E-state index in [4.69, 9.17) is 0 Å². The van der Waals surface area contributed by atoms with Gasteiger partial charge in [-0.15, -0.1) is 0 Å². The number of benzene rings is 1. The maximum absolute atomic E-state index is 11.9. The van der Waals surface area contributed by atoms with Crippen molar-refractivity contribution in [3.05, 3.63) is 29.8 Å². The van der Waals surface area contributed by atoms with Gasteiger partial charge in [-0.05, 0) is 31.4 Å². The van der Waals surface area contributed by atoms with Crippen molar-refractivity contribution in [1.82, 2.24) is 0 Å². The van der Waals surface area contributed by atoms with Crippen LogP contribution in [0.3, 0.4) is 0 Å². The molecule has 4 rings (SSSR count). The Hall–Kier alpha value is -1.35. The molecule has 19 heavy (non-hydrogen) atoms. The number of nitrogens with zero attached hydrogens (tertiary/aromatic N) is 1. The Morgan fingerprint density at radius 3 is 2.89 bits per heavy atom. The summed E-state index contributed by atoms with van der Waals surface area (Å²) in [7, 11) is 0. The number of rotatable bonds is 0. The lowest BCUT2D eigenvalue weighted by Crippen LogP contribution is -3.07. The summed E-state index contributed by atoms with van der Waals surface area (Å²) < 4.78 is 0. The lowest BCUT2D eigenvalue weighted by Gasteiger charge is -2.51.